The predicted octanol–water partition coefficient (Wildman–Crippen LogP) is 1.00. The number of nitrogens with one attached hydrogen (secondary N) is 1. The molecule has 1 heteroatoms. The zero-order chi connectivity index (χ0) is 5.84. The van der Waals surface area contributed by atoms with Crippen LogP contribution in [0.5, 0.6) is 0 Å². The molecule has 9 heavy (non-hydrogen) atoms. The van der Waals surface area contributed by atoms with Gasteiger partial charge in [-0.2, -0.15) is 0 Å². The summed E-state index contributed by atoms with van der Waals surface area (Å²) in [5.74, 6) is 3.35. The van der Waals surface area contributed by atoms with Crippen molar-refractivity contribution in [2.24, 2.45) is 17.8 Å². The molecule has 0 amide bonds. The highest BCUT2D eigenvalue weighted by molar-refractivity contribution is 5.06. The van der Waals surface area contributed by atoms with E-state index < -0.39 is 0 Å². The molecular weight excluding hydrogens is 110 g/mol. The molecule has 4 atom stereocenters. The minimum atomic E-state index is 0.976. The summed E-state index contributed by atoms with van der Waals surface area (Å²) < 4.78 is 0. The molecule has 1 N–H and O–H groups in total. The first kappa shape index (κ1) is 4.73. The molecule has 1 saturated heterocycles. The number of hydrogen-bond acceptors (Lipinski definition) is 1. The van der Waals surface area contributed by atoms with Crippen LogP contribution < -0.4 is 5.32 Å². The number of fused-ring (bicyclic) bond motifs is 5. The third-order valence-electron chi connectivity index (χ3n) is 3.68. The Morgan fingerprint density at radius 1 is 1.11 bits per heavy atom. The van der Waals surface area contributed by atoms with Crippen LogP contribution in [-0.2, 0) is 0 Å². The molecule has 2 saturated carbocycles. The van der Waals surface area contributed by atoms with E-state index in [1.807, 2.05) is 0 Å². The second kappa shape index (κ2) is 1.34. The number of rotatable bonds is 0. The third kappa shape index (κ3) is 0.420. The Morgan fingerprint density at radius 2 is 2.00 bits per heavy atom. The summed E-state index contributed by atoms with van der Waals surface area (Å²) >= 11 is 0. The zero-order valence-corrected chi connectivity index (χ0v) is 5.64. The van der Waals surface area contributed by atoms with Gasteiger partial charge >= 0.3 is 0 Å². The first-order valence-electron chi connectivity index (χ1n) is 4.18. The molecule has 3 aliphatic rings. The summed E-state index contributed by atoms with van der Waals surface area (Å²) in [5, 5.41) is 3.54. The van der Waals surface area contributed by atoms with Gasteiger partial charge in [-0.05, 0) is 43.6 Å². The van der Waals surface area contributed by atoms with Gasteiger partial charge in [-0.15, -0.1) is 0 Å². The smallest absolute Gasteiger partial charge is 0.0139 e. The van der Waals surface area contributed by atoms with Crippen molar-refractivity contribution in [2.75, 3.05) is 6.54 Å². The predicted molar refractivity (Wildman–Crippen MR) is 36.1 cm³/mol. The summed E-state index contributed by atoms with van der Waals surface area (Å²) in [6.45, 7) is 1.34. The van der Waals surface area contributed by atoms with Crippen molar-refractivity contribution in [3.8, 4) is 0 Å². The summed E-state index contributed by atoms with van der Waals surface area (Å²) in [7, 11) is 0. The fourth-order valence-corrected chi connectivity index (χ4v) is 3.13. The molecule has 0 aromatic rings. The third-order valence-corrected chi connectivity index (χ3v) is 3.68. The van der Waals surface area contributed by atoms with Crippen LogP contribution in [0.3, 0.4) is 0 Å². The second-order valence-electron chi connectivity index (χ2n) is 3.93. The SMILES string of the molecule is C1C[C@@H]2C[C@H]1[C@H]1CN[C@@H]21. The molecule has 0 unspecified atom stereocenters. The topological polar surface area (TPSA) is 12.0 Å². The van der Waals surface area contributed by atoms with Crippen LogP contribution in [0.4, 0.5) is 0 Å². The highest BCUT2D eigenvalue weighted by Gasteiger charge is 2.51. The van der Waals surface area contributed by atoms with Crippen LogP contribution in [0.25, 0.3) is 0 Å². The van der Waals surface area contributed by atoms with Gasteiger partial charge in [0.1, 0.15) is 0 Å². The van der Waals surface area contributed by atoms with Crippen molar-refractivity contribution in [2.45, 2.75) is 25.3 Å². The lowest BCUT2D eigenvalue weighted by Crippen LogP contribution is -2.55. The lowest BCUT2D eigenvalue weighted by Gasteiger charge is -2.41. The molecule has 50 valence electrons. The van der Waals surface area contributed by atoms with E-state index in [9.17, 15) is 0 Å². The standard InChI is InChI=1S/C8H13N/c1-2-6-3-5(1)7-4-9-8(6)7/h5-9H,1-4H2/t5-,6+,7+,8-/m0/s1. The maximum atomic E-state index is 3.54. The van der Waals surface area contributed by atoms with Gasteiger partial charge in [-0.25, -0.2) is 0 Å². The average Bonchev–Trinajstić information content (AvgIpc) is 2.18. The molecule has 3 fully saturated rings. The normalized spacial score (nSPS) is 61.3. The molecule has 0 aromatic carbocycles. The zero-order valence-electron chi connectivity index (χ0n) is 5.64. The Labute approximate surface area is 55.8 Å². The first-order chi connectivity index (χ1) is 4.45. The molecule has 0 radical (unpaired) electrons. The van der Waals surface area contributed by atoms with E-state index in [0.29, 0.717) is 0 Å². The summed E-state index contributed by atoms with van der Waals surface area (Å²) in [6, 6.07) is 0.976. The molecule has 2 bridgehead atoms. The Bertz CT molecular complexity index is 124. The van der Waals surface area contributed by atoms with Gasteiger partial charge < -0.3 is 5.32 Å². The van der Waals surface area contributed by atoms with E-state index in [2.05, 4.69) is 5.32 Å². The molecular formula is C8H13N. The van der Waals surface area contributed by atoms with Crippen LogP contribution >= 0.6 is 0 Å². The molecule has 1 nitrogen and oxygen atoms in total. The van der Waals surface area contributed by atoms with E-state index in [1.165, 1.54) is 13.0 Å². The van der Waals surface area contributed by atoms with Gasteiger partial charge in [-0.1, -0.05) is 0 Å². The second-order valence-corrected chi connectivity index (χ2v) is 3.93. The van der Waals surface area contributed by atoms with Gasteiger partial charge in [-0.3, -0.25) is 0 Å². The van der Waals surface area contributed by atoms with Crippen LogP contribution in [0, 0.1) is 17.8 Å². The van der Waals surface area contributed by atoms with E-state index in [-0.39, 0.29) is 0 Å². The monoisotopic (exact) mass is 123 g/mol. The molecule has 0 aromatic heterocycles. The van der Waals surface area contributed by atoms with Crippen LogP contribution in [-0.4, -0.2) is 12.6 Å². The molecule has 1 aliphatic heterocycles. The van der Waals surface area contributed by atoms with Gasteiger partial charge in [0.2, 0.25) is 0 Å². The van der Waals surface area contributed by atoms with Gasteiger partial charge in [0, 0.05) is 6.04 Å². The minimum absolute atomic E-state index is 0.976. The van der Waals surface area contributed by atoms with Crippen molar-refractivity contribution in [1.29, 1.82) is 0 Å². The summed E-state index contributed by atoms with van der Waals surface area (Å²) in [4.78, 5) is 0. The van der Waals surface area contributed by atoms with Crippen LogP contribution in [0.15, 0.2) is 0 Å². The number of hydrogen-bond donors (Lipinski definition) is 1. The minimum Gasteiger partial charge on any atom is -0.313 e. The van der Waals surface area contributed by atoms with Crippen molar-refractivity contribution in [3.63, 3.8) is 0 Å². The van der Waals surface area contributed by atoms with E-state index in [4.69, 9.17) is 0 Å². The lowest BCUT2D eigenvalue weighted by atomic mass is 9.79. The Hall–Kier alpha value is -0.0400. The Kier molecular flexibility index (Phi) is 0.704. The molecule has 0 spiro atoms. The lowest BCUT2D eigenvalue weighted by molar-refractivity contribution is 0.153. The van der Waals surface area contributed by atoms with E-state index >= 15 is 0 Å². The fraction of sp³-hybridized carbons (Fsp3) is 1.00. The highest BCUT2D eigenvalue weighted by atomic mass is 15.0. The average molecular weight is 123 g/mol. The maximum absolute atomic E-state index is 3.54. The Morgan fingerprint density at radius 3 is 2.44 bits per heavy atom. The molecule has 1 heterocycles. The summed E-state index contributed by atoms with van der Waals surface area (Å²) in [6.07, 6.45) is 4.63. The quantitative estimate of drug-likeness (QED) is 0.507. The van der Waals surface area contributed by atoms with Crippen molar-refractivity contribution < 1.29 is 0 Å². The van der Waals surface area contributed by atoms with Crippen LogP contribution in [0.2, 0.25) is 0 Å². The van der Waals surface area contributed by atoms with Gasteiger partial charge in [0.05, 0.1) is 0 Å². The largest absolute Gasteiger partial charge is 0.313 e. The van der Waals surface area contributed by atoms with Crippen LogP contribution in [0.1, 0.15) is 19.3 Å². The summed E-state index contributed by atoms with van der Waals surface area (Å²) in [5.41, 5.74) is 0. The molecule has 2 aliphatic carbocycles. The van der Waals surface area contributed by atoms with Crippen molar-refractivity contribution >= 4 is 0 Å². The van der Waals surface area contributed by atoms with E-state index in [1.54, 1.807) is 12.8 Å². The molecule has 3 rings (SSSR count). The highest BCUT2D eigenvalue weighted by Crippen LogP contribution is 2.51. The maximum Gasteiger partial charge on any atom is 0.0139 e. The van der Waals surface area contributed by atoms with Crippen molar-refractivity contribution in [1.82, 2.24) is 5.32 Å². The van der Waals surface area contributed by atoms with E-state index in [0.717, 1.165) is 23.8 Å². The van der Waals surface area contributed by atoms with Crippen molar-refractivity contribution in [3.05, 3.63) is 0 Å². The Balaban J connectivity index is 1.94. The van der Waals surface area contributed by atoms with Gasteiger partial charge in [0.15, 0.2) is 0 Å². The van der Waals surface area contributed by atoms with Gasteiger partial charge in [0.25, 0.3) is 0 Å². The first-order valence-corrected chi connectivity index (χ1v) is 4.18. The fourth-order valence-electron chi connectivity index (χ4n) is 3.13.